The van der Waals surface area contributed by atoms with Gasteiger partial charge in [0.15, 0.2) is 0 Å². The van der Waals surface area contributed by atoms with Crippen LogP contribution in [0.1, 0.15) is 12.0 Å². The number of benzene rings is 1. The molecule has 1 aromatic carbocycles. The Bertz CT molecular complexity index is 621. The number of nitrogens with zero attached hydrogens (tertiary/aromatic N) is 1. The minimum Gasteiger partial charge on any atom is -0.480 e. The first-order valence-corrected chi connectivity index (χ1v) is 5.84. The molecule has 0 aromatic heterocycles. The number of carboxylic acids is 1. The van der Waals surface area contributed by atoms with E-state index in [0.29, 0.717) is 5.56 Å². The van der Waals surface area contributed by atoms with Gasteiger partial charge in [-0.15, -0.1) is 12.3 Å². The number of carbonyl (C=O) groups excluding carboxylic acids is 1. The molecule has 0 saturated heterocycles. The molecule has 21 heavy (non-hydrogen) atoms. The molecule has 8 heteroatoms. The maximum absolute atomic E-state index is 11.6. The zero-order valence-corrected chi connectivity index (χ0v) is 11.1. The third-order valence-corrected chi connectivity index (χ3v) is 2.59. The van der Waals surface area contributed by atoms with Gasteiger partial charge in [0.1, 0.15) is 6.04 Å². The monoisotopic (exact) mass is 291 g/mol. The molecule has 2 amide bonds. The molecule has 0 aliphatic carbocycles. The molecule has 1 atom stereocenters. The third-order valence-electron chi connectivity index (χ3n) is 2.59. The molecule has 0 aliphatic heterocycles. The summed E-state index contributed by atoms with van der Waals surface area (Å²) < 4.78 is 0. The van der Waals surface area contributed by atoms with Crippen LogP contribution >= 0.6 is 0 Å². The predicted octanol–water partition coefficient (Wildman–Crippen LogP) is 1.50. The second kappa shape index (κ2) is 6.91. The molecular formula is C13H13N3O5. The highest BCUT2D eigenvalue weighted by Crippen LogP contribution is 2.22. The Hall–Kier alpha value is -3.08. The maximum Gasteiger partial charge on any atom is 0.327 e. The van der Waals surface area contributed by atoms with E-state index in [4.69, 9.17) is 11.5 Å². The van der Waals surface area contributed by atoms with Gasteiger partial charge in [0.25, 0.3) is 5.69 Å². The van der Waals surface area contributed by atoms with Crippen molar-refractivity contribution in [2.45, 2.75) is 19.4 Å². The van der Waals surface area contributed by atoms with Gasteiger partial charge < -0.3 is 15.7 Å². The topological polar surface area (TPSA) is 122 Å². The highest BCUT2D eigenvalue weighted by atomic mass is 16.6. The second-order valence-electron chi connectivity index (χ2n) is 4.16. The number of aliphatic carboxylic acids is 1. The number of aryl methyl sites for hydroxylation is 1. The van der Waals surface area contributed by atoms with Crippen molar-refractivity contribution in [1.29, 1.82) is 0 Å². The van der Waals surface area contributed by atoms with Crippen LogP contribution in [-0.2, 0) is 4.79 Å². The van der Waals surface area contributed by atoms with Gasteiger partial charge >= 0.3 is 12.0 Å². The quantitative estimate of drug-likeness (QED) is 0.431. The van der Waals surface area contributed by atoms with Gasteiger partial charge in [-0.25, -0.2) is 9.59 Å². The summed E-state index contributed by atoms with van der Waals surface area (Å²) in [5.74, 6) is 0.871. The molecule has 1 rings (SSSR count). The van der Waals surface area contributed by atoms with Crippen LogP contribution in [-0.4, -0.2) is 28.1 Å². The highest BCUT2D eigenvalue weighted by molar-refractivity contribution is 5.92. The number of rotatable bonds is 5. The Labute approximate surface area is 120 Å². The standard InChI is InChI=1S/C13H13N3O5/c1-3-4-10(12(17)18)15-13(19)14-9-6-5-8(2)11(7-9)16(20)21/h1,5-7,10H,4H2,2H3,(H,17,18)(H2,14,15,19). The van der Waals surface area contributed by atoms with E-state index in [9.17, 15) is 19.7 Å². The summed E-state index contributed by atoms with van der Waals surface area (Å²) in [6.07, 6.45) is 4.84. The fraction of sp³-hybridized carbons (Fsp3) is 0.231. The average molecular weight is 291 g/mol. The number of hydrogen-bond donors (Lipinski definition) is 3. The number of anilines is 1. The van der Waals surface area contributed by atoms with Crippen molar-refractivity contribution in [2.75, 3.05) is 5.32 Å². The zero-order chi connectivity index (χ0) is 16.0. The van der Waals surface area contributed by atoms with E-state index in [1.165, 1.54) is 18.2 Å². The summed E-state index contributed by atoms with van der Waals surface area (Å²) in [4.78, 5) is 32.7. The lowest BCUT2D eigenvalue weighted by atomic mass is 10.2. The first-order chi connectivity index (χ1) is 9.85. The minimum absolute atomic E-state index is 0.147. The SMILES string of the molecule is C#CCC(NC(=O)Nc1ccc(C)c([N+](=O)[O-])c1)C(=O)O. The lowest BCUT2D eigenvalue weighted by molar-refractivity contribution is -0.385. The van der Waals surface area contributed by atoms with Crippen LogP contribution in [0.15, 0.2) is 18.2 Å². The second-order valence-corrected chi connectivity index (χ2v) is 4.16. The Kier molecular flexibility index (Phi) is 5.25. The van der Waals surface area contributed by atoms with Crippen LogP contribution in [0.4, 0.5) is 16.2 Å². The van der Waals surface area contributed by atoms with Crippen molar-refractivity contribution in [2.24, 2.45) is 0 Å². The van der Waals surface area contributed by atoms with E-state index in [2.05, 4.69) is 16.6 Å². The summed E-state index contributed by atoms with van der Waals surface area (Å²) >= 11 is 0. The molecular weight excluding hydrogens is 278 g/mol. The molecule has 1 unspecified atom stereocenters. The molecule has 0 fully saturated rings. The molecule has 0 radical (unpaired) electrons. The molecule has 3 N–H and O–H groups in total. The summed E-state index contributed by atoms with van der Waals surface area (Å²) in [5.41, 5.74) is 0.475. The average Bonchev–Trinajstić information content (AvgIpc) is 2.40. The number of carbonyl (C=O) groups is 2. The van der Waals surface area contributed by atoms with E-state index in [-0.39, 0.29) is 17.8 Å². The van der Waals surface area contributed by atoms with Gasteiger partial charge in [-0.2, -0.15) is 0 Å². The van der Waals surface area contributed by atoms with Gasteiger partial charge in [0, 0.05) is 23.7 Å². The lowest BCUT2D eigenvalue weighted by Gasteiger charge is -2.13. The summed E-state index contributed by atoms with van der Waals surface area (Å²) in [5, 5.41) is 24.1. The number of amides is 2. The van der Waals surface area contributed by atoms with Crippen molar-refractivity contribution in [3.8, 4) is 12.3 Å². The van der Waals surface area contributed by atoms with Gasteiger partial charge in [0.05, 0.1) is 4.92 Å². The normalized spacial score (nSPS) is 11.0. The summed E-state index contributed by atoms with van der Waals surface area (Å²) in [7, 11) is 0. The van der Waals surface area contributed by atoms with E-state index in [1.54, 1.807) is 6.92 Å². The molecule has 1 aromatic rings. The molecule has 0 aliphatic rings. The van der Waals surface area contributed by atoms with Crippen molar-refractivity contribution in [1.82, 2.24) is 5.32 Å². The van der Waals surface area contributed by atoms with E-state index in [0.717, 1.165) is 0 Å². The first kappa shape index (κ1) is 16.0. The highest BCUT2D eigenvalue weighted by Gasteiger charge is 2.19. The third kappa shape index (κ3) is 4.50. The minimum atomic E-state index is -1.27. The zero-order valence-electron chi connectivity index (χ0n) is 11.1. The number of nitrogens with one attached hydrogen (secondary N) is 2. The van der Waals surface area contributed by atoms with Crippen LogP contribution in [0.5, 0.6) is 0 Å². The van der Waals surface area contributed by atoms with E-state index in [1.807, 2.05) is 0 Å². The van der Waals surface area contributed by atoms with Crippen LogP contribution in [0.3, 0.4) is 0 Å². The number of nitro benzene ring substituents is 1. The Morgan fingerprint density at radius 3 is 2.71 bits per heavy atom. The van der Waals surface area contributed by atoms with Crippen LogP contribution in [0.25, 0.3) is 0 Å². The molecule has 110 valence electrons. The van der Waals surface area contributed by atoms with Gasteiger partial charge in [0.2, 0.25) is 0 Å². The van der Waals surface area contributed by atoms with Crippen molar-refractivity contribution in [3.63, 3.8) is 0 Å². The molecule has 0 saturated carbocycles. The Balaban J connectivity index is 2.79. The largest absolute Gasteiger partial charge is 0.480 e. The number of terminal acetylenes is 1. The van der Waals surface area contributed by atoms with Crippen LogP contribution in [0.2, 0.25) is 0 Å². The molecule has 0 spiro atoms. The van der Waals surface area contributed by atoms with E-state index >= 15 is 0 Å². The number of nitro groups is 1. The molecule has 0 bridgehead atoms. The fourth-order valence-electron chi connectivity index (χ4n) is 1.53. The summed E-state index contributed by atoms with van der Waals surface area (Å²) in [6.45, 7) is 1.56. The van der Waals surface area contributed by atoms with E-state index < -0.39 is 23.0 Å². The number of carboxylic acid groups (broad SMARTS) is 1. The Morgan fingerprint density at radius 2 is 2.19 bits per heavy atom. The van der Waals surface area contributed by atoms with Crippen LogP contribution < -0.4 is 10.6 Å². The van der Waals surface area contributed by atoms with Gasteiger partial charge in [-0.05, 0) is 13.0 Å². The number of hydrogen-bond acceptors (Lipinski definition) is 4. The Morgan fingerprint density at radius 1 is 1.52 bits per heavy atom. The van der Waals surface area contributed by atoms with Crippen LogP contribution in [0, 0.1) is 29.4 Å². The number of urea groups is 1. The smallest absolute Gasteiger partial charge is 0.327 e. The molecule has 8 nitrogen and oxygen atoms in total. The molecule has 0 heterocycles. The van der Waals surface area contributed by atoms with Crippen molar-refractivity contribution in [3.05, 3.63) is 33.9 Å². The maximum atomic E-state index is 11.6. The van der Waals surface area contributed by atoms with Gasteiger partial charge in [-0.1, -0.05) is 6.07 Å². The summed E-state index contributed by atoms with van der Waals surface area (Å²) in [6, 6.07) is 2.10. The first-order valence-electron chi connectivity index (χ1n) is 5.84. The van der Waals surface area contributed by atoms with Crippen molar-refractivity contribution < 1.29 is 19.6 Å². The predicted molar refractivity (Wildman–Crippen MR) is 74.9 cm³/mol. The van der Waals surface area contributed by atoms with Gasteiger partial charge in [-0.3, -0.25) is 10.1 Å². The van der Waals surface area contributed by atoms with Crippen molar-refractivity contribution >= 4 is 23.4 Å². The fourth-order valence-corrected chi connectivity index (χ4v) is 1.53. The lowest BCUT2D eigenvalue weighted by Crippen LogP contribution is -2.42.